The molecule has 0 heterocycles. The molecule has 0 radical (unpaired) electrons. The number of hydrogen-bond donors (Lipinski definition) is 0. The molecule has 0 atom stereocenters. The van der Waals surface area contributed by atoms with Crippen LogP contribution in [-0.4, -0.2) is 12.9 Å². The molecular weight excluding hydrogens is 410 g/mol. The Balaban J connectivity index is 2.27. The summed E-state index contributed by atoms with van der Waals surface area (Å²) in [4.78, 5) is 12.4. The summed E-state index contributed by atoms with van der Waals surface area (Å²) >= 11 is 14.0. The zero-order chi connectivity index (χ0) is 14.7. The van der Waals surface area contributed by atoms with Crippen molar-refractivity contribution in [3.8, 4) is 5.75 Å². The first kappa shape index (κ1) is 15.6. The molecule has 0 fully saturated rings. The Hall–Kier alpha value is -0.780. The lowest BCUT2D eigenvalue weighted by molar-refractivity contribution is 0.0990. The van der Waals surface area contributed by atoms with Gasteiger partial charge in [0.25, 0.3) is 0 Å². The number of carbonyl (C=O) groups excluding carboxylic acids is 1. The van der Waals surface area contributed by atoms with E-state index < -0.39 is 0 Å². The molecule has 0 amide bonds. The minimum Gasteiger partial charge on any atom is -0.496 e. The first-order valence-electron chi connectivity index (χ1n) is 5.82. The molecule has 104 valence electrons. The van der Waals surface area contributed by atoms with Crippen molar-refractivity contribution in [2.45, 2.75) is 6.42 Å². The molecule has 2 aromatic rings. The fourth-order valence-electron chi connectivity index (χ4n) is 1.83. The third kappa shape index (κ3) is 3.65. The molecule has 0 aliphatic carbocycles. The number of benzene rings is 2. The first-order valence-corrected chi connectivity index (χ1v) is 7.65. The highest BCUT2D eigenvalue weighted by Gasteiger charge is 2.14. The summed E-state index contributed by atoms with van der Waals surface area (Å²) in [6.07, 6.45) is 0.257. The van der Waals surface area contributed by atoms with Crippen LogP contribution in [0.5, 0.6) is 5.75 Å². The zero-order valence-corrected chi connectivity index (χ0v) is 14.3. The van der Waals surface area contributed by atoms with E-state index in [-0.39, 0.29) is 12.2 Å². The quantitative estimate of drug-likeness (QED) is 0.512. The number of ether oxygens (including phenoxy) is 1. The van der Waals surface area contributed by atoms with Gasteiger partial charge in [-0.2, -0.15) is 0 Å². The molecule has 0 aliphatic heterocycles. The molecule has 2 nitrogen and oxygen atoms in total. The van der Waals surface area contributed by atoms with Crippen molar-refractivity contribution >= 4 is 51.6 Å². The largest absolute Gasteiger partial charge is 0.496 e. The molecule has 0 saturated heterocycles. The minimum absolute atomic E-state index is 0.0150. The van der Waals surface area contributed by atoms with Crippen molar-refractivity contribution in [3.05, 3.63) is 61.1 Å². The minimum atomic E-state index is -0.0150. The number of ketones is 1. The van der Waals surface area contributed by atoms with E-state index in [0.717, 1.165) is 9.13 Å². The molecule has 2 rings (SSSR count). The van der Waals surface area contributed by atoms with E-state index in [1.165, 1.54) is 0 Å². The Morgan fingerprint density at radius 3 is 2.55 bits per heavy atom. The summed E-state index contributed by atoms with van der Waals surface area (Å²) in [5.41, 5.74) is 1.40. The predicted molar refractivity (Wildman–Crippen MR) is 90.2 cm³/mol. The van der Waals surface area contributed by atoms with Gasteiger partial charge in [0.05, 0.1) is 22.7 Å². The molecule has 5 heteroatoms. The molecule has 0 bridgehead atoms. The van der Waals surface area contributed by atoms with Crippen molar-refractivity contribution in [2.75, 3.05) is 7.11 Å². The molecule has 20 heavy (non-hydrogen) atoms. The van der Waals surface area contributed by atoms with Crippen LogP contribution in [-0.2, 0) is 6.42 Å². The van der Waals surface area contributed by atoms with Crippen LogP contribution in [0.3, 0.4) is 0 Å². The van der Waals surface area contributed by atoms with Crippen molar-refractivity contribution in [3.63, 3.8) is 0 Å². The van der Waals surface area contributed by atoms with Gasteiger partial charge in [0.15, 0.2) is 5.78 Å². The average molecular weight is 421 g/mol. The van der Waals surface area contributed by atoms with E-state index in [1.807, 2.05) is 12.1 Å². The summed E-state index contributed by atoms with van der Waals surface area (Å²) in [7, 11) is 1.55. The van der Waals surface area contributed by atoms with Crippen LogP contribution in [0.2, 0.25) is 10.0 Å². The predicted octanol–water partition coefficient (Wildman–Crippen LogP) is 5.03. The number of hydrogen-bond acceptors (Lipinski definition) is 2. The van der Waals surface area contributed by atoms with Crippen molar-refractivity contribution in [1.29, 1.82) is 0 Å². The third-order valence-corrected chi connectivity index (χ3v) is 4.22. The van der Waals surface area contributed by atoms with E-state index in [9.17, 15) is 4.79 Å². The van der Waals surface area contributed by atoms with Gasteiger partial charge in [-0.05, 0) is 58.5 Å². The summed E-state index contributed by atoms with van der Waals surface area (Å²) in [5.74, 6) is 0.564. The van der Waals surface area contributed by atoms with Gasteiger partial charge in [-0.15, -0.1) is 0 Å². The van der Waals surface area contributed by atoms with E-state index in [0.29, 0.717) is 21.4 Å². The number of carbonyl (C=O) groups is 1. The van der Waals surface area contributed by atoms with Crippen LogP contribution in [0, 0.1) is 3.57 Å². The maximum atomic E-state index is 12.4. The fourth-order valence-corrected chi connectivity index (χ4v) is 2.64. The lowest BCUT2D eigenvalue weighted by Crippen LogP contribution is -2.06. The van der Waals surface area contributed by atoms with Gasteiger partial charge >= 0.3 is 0 Å². The highest BCUT2D eigenvalue weighted by molar-refractivity contribution is 14.1. The number of methoxy groups -OCH3 is 1. The van der Waals surface area contributed by atoms with Gasteiger partial charge in [-0.25, -0.2) is 0 Å². The highest BCUT2D eigenvalue weighted by atomic mass is 127. The van der Waals surface area contributed by atoms with Crippen molar-refractivity contribution in [1.82, 2.24) is 0 Å². The Morgan fingerprint density at radius 2 is 1.90 bits per heavy atom. The van der Waals surface area contributed by atoms with Crippen LogP contribution in [0.4, 0.5) is 0 Å². The van der Waals surface area contributed by atoms with Gasteiger partial charge in [-0.3, -0.25) is 4.79 Å². The zero-order valence-electron chi connectivity index (χ0n) is 10.6. The monoisotopic (exact) mass is 420 g/mol. The van der Waals surface area contributed by atoms with Crippen molar-refractivity contribution < 1.29 is 9.53 Å². The topological polar surface area (TPSA) is 26.3 Å². The van der Waals surface area contributed by atoms with Crippen LogP contribution >= 0.6 is 45.8 Å². The maximum Gasteiger partial charge on any atom is 0.170 e. The second-order valence-corrected chi connectivity index (χ2v) is 6.25. The molecular formula is C15H11Cl2IO2. The van der Waals surface area contributed by atoms with Gasteiger partial charge in [-0.1, -0.05) is 29.3 Å². The molecule has 2 aromatic carbocycles. The Kier molecular flexibility index (Phi) is 5.29. The number of Topliss-reactive ketones (excluding diaryl/α,β-unsaturated/α-hetero) is 1. The van der Waals surface area contributed by atoms with Crippen LogP contribution < -0.4 is 4.74 Å². The normalized spacial score (nSPS) is 10.4. The van der Waals surface area contributed by atoms with Crippen LogP contribution in [0.15, 0.2) is 36.4 Å². The van der Waals surface area contributed by atoms with Gasteiger partial charge < -0.3 is 4.74 Å². The summed E-state index contributed by atoms with van der Waals surface area (Å²) in [5, 5.41) is 0.932. The Labute approximate surface area is 141 Å². The molecule has 0 spiro atoms. The summed E-state index contributed by atoms with van der Waals surface area (Å²) in [6.45, 7) is 0. The Morgan fingerprint density at radius 1 is 1.15 bits per heavy atom. The summed E-state index contributed by atoms with van der Waals surface area (Å²) in [6, 6.07) is 10.7. The Bertz CT molecular complexity index is 656. The summed E-state index contributed by atoms with van der Waals surface area (Å²) < 4.78 is 6.22. The van der Waals surface area contributed by atoms with Crippen molar-refractivity contribution in [2.24, 2.45) is 0 Å². The average Bonchev–Trinajstić information content (AvgIpc) is 2.43. The lowest BCUT2D eigenvalue weighted by atomic mass is 10.0. The molecule has 0 saturated carbocycles. The second-order valence-electron chi connectivity index (χ2n) is 4.19. The smallest absolute Gasteiger partial charge is 0.170 e. The molecule has 0 N–H and O–H groups in total. The SMILES string of the molecule is COc1ccc(I)cc1C(=O)Cc1ccc(Cl)c(Cl)c1. The molecule has 0 unspecified atom stereocenters. The molecule has 0 aromatic heterocycles. The van der Waals surface area contributed by atoms with E-state index in [2.05, 4.69) is 22.6 Å². The van der Waals surface area contributed by atoms with E-state index in [4.69, 9.17) is 27.9 Å². The second kappa shape index (κ2) is 6.78. The van der Waals surface area contributed by atoms with Gasteiger partial charge in [0, 0.05) is 9.99 Å². The standard InChI is InChI=1S/C15H11Cl2IO2/c1-20-15-5-3-10(18)8-11(15)14(19)7-9-2-4-12(16)13(17)6-9/h2-6,8H,7H2,1H3. The van der Waals surface area contributed by atoms with Crippen LogP contribution in [0.1, 0.15) is 15.9 Å². The van der Waals surface area contributed by atoms with E-state index >= 15 is 0 Å². The van der Waals surface area contributed by atoms with Gasteiger partial charge in [0.2, 0.25) is 0 Å². The fraction of sp³-hybridized carbons (Fsp3) is 0.133. The lowest BCUT2D eigenvalue weighted by Gasteiger charge is -2.08. The van der Waals surface area contributed by atoms with Crippen LogP contribution in [0.25, 0.3) is 0 Å². The third-order valence-electron chi connectivity index (χ3n) is 2.81. The number of rotatable bonds is 4. The highest BCUT2D eigenvalue weighted by Crippen LogP contribution is 2.25. The van der Waals surface area contributed by atoms with E-state index in [1.54, 1.807) is 31.4 Å². The van der Waals surface area contributed by atoms with Gasteiger partial charge in [0.1, 0.15) is 5.75 Å². The maximum absolute atomic E-state index is 12.4. The molecule has 0 aliphatic rings. The first-order chi connectivity index (χ1) is 9.51. The number of halogens is 3.